The molecule has 82 valence electrons. The van der Waals surface area contributed by atoms with Gasteiger partial charge in [0.15, 0.2) is 0 Å². The SMILES string of the molecule is CCOC(=O)c1cc(N)c(C(F)F)cn1. The van der Waals surface area contributed by atoms with E-state index in [1.807, 2.05) is 0 Å². The van der Waals surface area contributed by atoms with E-state index in [-0.39, 0.29) is 23.6 Å². The fourth-order valence-corrected chi connectivity index (χ4v) is 0.981. The van der Waals surface area contributed by atoms with Gasteiger partial charge < -0.3 is 10.5 Å². The molecule has 1 aromatic heterocycles. The number of esters is 1. The van der Waals surface area contributed by atoms with Crippen LogP contribution in [0.5, 0.6) is 0 Å². The van der Waals surface area contributed by atoms with Crippen molar-refractivity contribution in [2.75, 3.05) is 12.3 Å². The van der Waals surface area contributed by atoms with Gasteiger partial charge in [0.25, 0.3) is 6.43 Å². The molecule has 0 fully saturated rings. The number of hydrogen-bond donors (Lipinski definition) is 1. The number of hydrogen-bond acceptors (Lipinski definition) is 4. The summed E-state index contributed by atoms with van der Waals surface area (Å²) >= 11 is 0. The van der Waals surface area contributed by atoms with Crippen LogP contribution in [0.15, 0.2) is 12.3 Å². The molecule has 1 rings (SSSR count). The molecule has 0 bridgehead atoms. The Balaban J connectivity index is 2.96. The molecule has 2 N–H and O–H groups in total. The molecule has 4 nitrogen and oxygen atoms in total. The summed E-state index contributed by atoms with van der Waals surface area (Å²) in [5.74, 6) is -0.676. The highest BCUT2D eigenvalue weighted by Crippen LogP contribution is 2.24. The van der Waals surface area contributed by atoms with E-state index < -0.39 is 12.4 Å². The second-order valence-corrected chi connectivity index (χ2v) is 2.72. The average Bonchev–Trinajstić information content (AvgIpc) is 2.17. The summed E-state index contributed by atoms with van der Waals surface area (Å²) < 4.78 is 29.2. The van der Waals surface area contributed by atoms with Gasteiger partial charge in [0, 0.05) is 11.9 Å². The van der Waals surface area contributed by atoms with Crippen molar-refractivity contribution in [3.8, 4) is 0 Å². The lowest BCUT2D eigenvalue weighted by molar-refractivity contribution is 0.0519. The molecule has 15 heavy (non-hydrogen) atoms. The number of aromatic nitrogens is 1. The highest BCUT2D eigenvalue weighted by Gasteiger charge is 2.15. The monoisotopic (exact) mass is 216 g/mol. The standard InChI is InChI=1S/C9H10F2N2O2/c1-2-15-9(14)7-3-6(12)5(4-13-7)8(10)11/h3-4,8H,2H2,1H3,(H2,12,13). The summed E-state index contributed by atoms with van der Waals surface area (Å²) in [6.45, 7) is 1.83. The number of nitrogen functional groups attached to an aromatic ring is 1. The van der Waals surface area contributed by atoms with Crippen LogP contribution in [0.3, 0.4) is 0 Å². The third kappa shape index (κ3) is 2.61. The summed E-state index contributed by atoms with van der Waals surface area (Å²) in [5.41, 5.74) is 4.71. The molecule has 0 unspecified atom stereocenters. The summed E-state index contributed by atoms with van der Waals surface area (Å²) in [6, 6.07) is 1.08. The van der Waals surface area contributed by atoms with E-state index >= 15 is 0 Å². The Morgan fingerprint density at radius 2 is 2.33 bits per heavy atom. The van der Waals surface area contributed by atoms with Crippen LogP contribution >= 0.6 is 0 Å². The van der Waals surface area contributed by atoms with Crippen LogP contribution in [0.1, 0.15) is 29.4 Å². The lowest BCUT2D eigenvalue weighted by Crippen LogP contribution is -2.09. The molecule has 0 atom stereocenters. The van der Waals surface area contributed by atoms with E-state index in [1.165, 1.54) is 0 Å². The van der Waals surface area contributed by atoms with Crippen molar-refractivity contribution in [1.82, 2.24) is 4.98 Å². The quantitative estimate of drug-likeness (QED) is 0.782. The Hall–Kier alpha value is -1.72. The van der Waals surface area contributed by atoms with Gasteiger partial charge in [-0.15, -0.1) is 0 Å². The minimum atomic E-state index is -2.70. The van der Waals surface area contributed by atoms with Crippen molar-refractivity contribution in [3.63, 3.8) is 0 Å². The van der Waals surface area contributed by atoms with Crippen LogP contribution in [0, 0.1) is 0 Å². The van der Waals surface area contributed by atoms with Crippen molar-refractivity contribution >= 4 is 11.7 Å². The normalized spacial score (nSPS) is 10.4. The first kappa shape index (κ1) is 11.4. The van der Waals surface area contributed by atoms with E-state index in [1.54, 1.807) is 6.92 Å². The van der Waals surface area contributed by atoms with Crippen molar-refractivity contribution in [3.05, 3.63) is 23.5 Å². The molecule has 0 aliphatic heterocycles. The number of nitrogens with zero attached hydrogens (tertiary/aromatic N) is 1. The number of carbonyl (C=O) groups is 1. The number of halogens is 2. The molecule has 1 heterocycles. The Labute approximate surface area is 85.1 Å². The lowest BCUT2D eigenvalue weighted by atomic mass is 10.2. The molecule has 1 aromatic rings. The van der Waals surface area contributed by atoms with Crippen LogP contribution in [-0.2, 0) is 4.74 Å². The number of pyridine rings is 1. The lowest BCUT2D eigenvalue weighted by Gasteiger charge is -2.05. The first-order valence-electron chi connectivity index (χ1n) is 4.27. The summed E-state index contributed by atoms with van der Waals surface area (Å²) in [5, 5.41) is 0. The Kier molecular flexibility index (Phi) is 3.54. The molecular weight excluding hydrogens is 206 g/mol. The molecule has 0 amide bonds. The maximum atomic E-state index is 12.3. The maximum absolute atomic E-state index is 12.3. The van der Waals surface area contributed by atoms with Gasteiger partial charge in [-0.05, 0) is 13.0 Å². The minimum Gasteiger partial charge on any atom is -0.461 e. The van der Waals surface area contributed by atoms with E-state index in [9.17, 15) is 13.6 Å². The van der Waals surface area contributed by atoms with Gasteiger partial charge in [-0.1, -0.05) is 0 Å². The third-order valence-corrected chi connectivity index (χ3v) is 1.69. The van der Waals surface area contributed by atoms with Crippen LogP contribution in [0.25, 0.3) is 0 Å². The van der Waals surface area contributed by atoms with Crippen molar-refractivity contribution in [2.24, 2.45) is 0 Å². The minimum absolute atomic E-state index is 0.0706. The second-order valence-electron chi connectivity index (χ2n) is 2.72. The van der Waals surface area contributed by atoms with Crippen LogP contribution in [0.4, 0.5) is 14.5 Å². The number of nitrogens with two attached hydrogens (primary N) is 1. The number of anilines is 1. The molecule has 0 aliphatic carbocycles. The first-order valence-corrected chi connectivity index (χ1v) is 4.27. The fourth-order valence-electron chi connectivity index (χ4n) is 0.981. The van der Waals surface area contributed by atoms with Crippen molar-refractivity contribution in [1.29, 1.82) is 0 Å². The summed E-state index contributed by atoms with van der Waals surface area (Å²) in [7, 11) is 0. The molecule has 0 radical (unpaired) electrons. The zero-order valence-corrected chi connectivity index (χ0v) is 8.04. The second kappa shape index (κ2) is 4.68. The number of ether oxygens (including phenoxy) is 1. The maximum Gasteiger partial charge on any atom is 0.356 e. The Bertz CT molecular complexity index is 369. The van der Waals surface area contributed by atoms with Crippen molar-refractivity contribution < 1.29 is 18.3 Å². The molecule has 0 saturated carbocycles. The fraction of sp³-hybridized carbons (Fsp3) is 0.333. The van der Waals surface area contributed by atoms with E-state index in [0.717, 1.165) is 12.3 Å². The molecule has 6 heteroatoms. The Morgan fingerprint density at radius 3 is 2.80 bits per heavy atom. The van der Waals surface area contributed by atoms with Crippen LogP contribution in [-0.4, -0.2) is 17.6 Å². The first-order chi connectivity index (χ1) is 7.06. The third-order valence-electron chi connectivity index (χ3n) is 1.69. The molecule has 0 saturated heterocycles. The molecule has 0 spiro atoms. The highest BCUT2D eigenvalue weighted by molar-refractivity contribution is 5.88. The highest BCUT2D eigenvalue weighted by atomic mass is 19.3. The Morgan fingerprint density at radius 1 is 1.67 bits per heavy atom. The zero-order valence-electron chi connectivity index (χ0n) is 8.04. The van der Waals surface area contributed by atoms with Gasteiger partial charge in [0.2, 0.25) is 0 Å². The van der Waals surface area contributed by atoms with E-state index in [4.69, 9.17) is 5.73 Å². The zero-order chi connectivity index (χ0) is 11.4. The van der Waals surface area contributed by atoms with Gasteiger partial charge in [0.1, 0.15) is 5.69 Å². The number of alkyl halides is 2. The van der Waals surface area contributed by atoms with Crippen molar-refractivity contribution in [2.45, 2.75) is 13.3 Å². The average molecular weight is 216 g/mol. The van der Waals surface area contributed by atoms with Gasteiger partial charge >= 0.3 is 5.97 Å². The van der Waals surface area contributed by atoms with E-state index in [2.05, 4.69) is 9.72 Å². The van der Waals surface area contributed by atoms with E-state index in [0.29, 0.717) is 0 Å². The predicted octanol–water partition coefficient (Wildman–Crippen LogP) is 1.78. The van der Waals surface area contributed by atoms with Crippen LogP contribution in [0.2, 0.25) is 0 Å². The summed E-state index contributed by atoms with van der Waals surface area (Å²) in [6.07, 6.45) is -1.82. The predicted molar refractivity (Wildman–Crippen MR) is 49.6 cm³/mol. The number of rotatable bonds is 3. The van der Waals surface area contributed by atoms with Gasteiger partial charge in [-0.2, -0.15) is 0 Å². The molecule has 0 aliphatic rings. The topological polar surface area (TPSA) is 65.2 Å². The number of carbonyl (C=O) groups excluding carboxylic acids is 1. The van der Waals surface area contributed by atoms with Gasteiger partial charge in [-0.25, -0.2) is 18.6 Å². The molecular formula is C9H10F2N2O2. The van der Waals surface area contributed by atoms with Crippen LogP contribution < -0.4 is 5.73 Å². The molecule has 0 aromatic carbocycles. The summed E-state index contributed by atoms with van der Waals surface area (Å²) in [4.78, 5) is 14.7. The van der Waals surface area contributed by atoms with Gasteiger partial charge in [-0.3, -0.25) is 0 Å². The van der Waals surface area contributed by atoms with Gasteiger partial charge in [0.05, 0.1) is 12.2 Å². The smallest absolute Gasteiger partial charge is 0.356 e. The largest absolute Gasteiger partial charge is 0.461 e.